The number of amides is 2. The predicted molar refractivity (Wildman–Crippen MR) is 110 cm³/mol. The Bertz CT molecular complexity index is 771. The molecule has 0 bridgehead atoms. The molecular formula is C21H27N3O2S. The van der Waals surface area contributed by atoms with Crippen molar-refractivity contribution in [3.05, 3.63) is 52.2 Å². The van der Waals surface area contributed by atoms with Crippen LogP contribution in [-0.4, -0.2) is 24.4 Å². The highest BCUT2D eigenvalue weighted by Gasteiger charge is 2.41. The molecule has 0 spiro atoms. The summed E-state index contributed by atoms with van der Waals surface area (Å²) in [6, 6.07) is 11.7. The SMILES string of the molecule is Cc1ccc(N2C(=O)CCC(C(=O)NCCC(C)N)C2c2cccs2)cc1. The van der Waals surface area contributed by atoms with Crippen molar-refractivity contribution in [1.29, 1.82) is 0 Å². The van der Waals surface area contributed by atoms with Crippen molar-refractivity contribution < 1.29 is 9.59 Å². The van der Waals surface area contributed by atoms with E-state index in [0.29, 0.717) is 19.4 Å². The van der Waals surface area contributed by atoms with E-state index < -0.39 is 0 Å². The third-order valence-electron chi connectivity index (χ3n) is 4.98. The van der Waals surface area contributed by atoms with Crippen LogP contribution in [0.15, 0.2) is 41.8 Å². The Balaban J connectivity index is 1.90. The molecule has 2 heterocycles. The third-order valence-corrected chi connectivity index (χ3v) is 5.92. The fourth-order valence-electron chi connectivity index (χ4n) is 3.52. The zero-order valence-corrected chi connectivity index (χ0v) is 16.7. The average Bonchev–Trinajstić information content (AvgIpc) is 3.16. The van der Waals surface area contributed by atoms with Crippen molar-refractivity contribution >= 4 is 28.8 Å². The highest BCUT2D eigenvalue weighted by molar-refractivity contribution is 7.10. The molecule has 3 atom stereocenters. The summed E-state index contributed by atoms with van der Waals surface area (Å²) < 4.78 is 0. The Kier molecular flexibility index (Phi) is 6.29. The molecule has 3 rings (SSSR count). The molecule has 5 nitrogen and oxygen atoms in total. The summed E-state index contributed by atoms with van der Waals surface area (Å²) in [6.45, 7) is 4.51. The van der Waals surface area contributed by atoms with E-state index in [1.54, 1.807) is 11.3 Å². The first kappa shape index (κ1) is 19.6. The first-order valence-electron chi connectivity index (χ1n) is 9.43. The fraction of sp³-hybridized carbons (Fsp3) is 0.429. The fourth-order valence-corrected chi connectivity index (χ4v) is 4.40. The highest BCUT2D eigenvalue weighted by atomic mass is 32.1. The molecule has 0 aliphatic carbocycles. The second-order valence-electron chi connectivity index (χ2n) is 7.26. The lowest BCUT2D eigenvalue weighted by atomic mass is 9.86. The van der Waals surface area contributed by atoms with Crippen LogP contribution in [0.1, 0.15) is 42.7 Å². The van der Waals surface area contributed by atoms with Gasteiger partial charge in [-0.15, -0.1) is 11.3 Å². The van der Waals surface area contributed by atoms with Crippen LogP contribution in [0.3, 0.4) is 0 Å². The normalized spacial score (nSPS) is 21.1. The van der Waals surface area contributed by atoms with E-state index in [-0.39, 0.29) is 29.8 Å². The van der Waals surface area contributed by atoms with E-state index in [0.717, 1.165) is 22.5 Å². The van der Waals surface area contributed by atoms with Crippen LogP contribution in [0.2, 0.25) is 0 Å². The maximum atomic E-state index is 12.9. The molecule has 6 heteroatoms. The van der Waals surface area contributed by atoms with Gasteiger partial charge < -0.3 is 16.0 Å². The number of carbonyl (C=O) groups is 2. The van der Waals surface area contributed by atoms with Crippen molar-refractivity contribution in [2.45, 2.75) is 45.2 Å². The number of nitrogens with zero attached hydrogens (tertiary/aromatic N) is 1. The van der Waals surface area contributed by atoms with Gasteiger partial charge in [0.2, 0.25) is 11.8 Å². The third kappa shape index (κ3) is 4.57. The number of hydrogen-bond donors (Lipinski definition) is 2. The molecule has 1 aliphatic rings. The molecule has 27 heavy (non-hydrogen) atoms. The Morgan fingerprint density at radius 1 is 1.33 bits per heavy atom. The number of anilines is 1. The molecule has 3 unspecified atom stereocenters. The van der Waals surface area contributed by atoms with Gasteiger partial charge >= 0.3 is 0 Å². The number of piperidine rings is 1. The summed E-state index contributed by atoms with van der Waals surface area (Å²) in [5, 5.41) is 5.01. The largest absolute Gasteiger partial charge is 0.356 e. The quantitative estimate of drug-likeness (QED) is 0.800. The minimum Gasteiger partial charge on any atom is -0.356 e. The smallest absolute Gasteiger partial charge is 0.227 e. The van der Waals surface area contributed by atoms with E-state index in [4.69, 9.17) is 5.73 Å². The van der Waals surface area contributed by atoms with Gasteiger partial charge in [0.25, 0.3) is 0 Å². The van der Waals surface area contributed by atoms with E-state index >= 15 is 0 Å². The molecule has 1 aromatic carbocycles. The second-order valence-corrected chi connectivity index (χ2v) is 8.24. The van der Waals surface area contributed by atoms with Gasteiger partial charge in [0, 0.05) is 29.6 Å². The number of nitrogens with two attached hydrogens (primary N) is 1. The lowest BCUT2D eigenvalue weighted by Crippen LogP contribution is -2.48. The van der Waals surface area contributed by atoms with Gasteiger partial charge in [0.1, 0.15) is 0 Å². The van der Waals surface area contributed by atoms with Crippen molar-refractivity contribution in [2.24, 2.45) is 11.7 Å². The average molecular weight is 386 g/mol. The first-order chi connectivity index (χ1) is 13.0. The van der Waals surface area contributed by atoms with Gasteiger partial charge in [-0.3, -0.25) is 9.59 Å². The number of nitrogens with one attached hydrogen (secondary N) is 1. The van der Waals surface area contributed by atoms with Crippen molar-refractivity contribution in [3.8, 4) is 0 Å². The van der Waals surface area contributed by atoms with Gasteiger partial charge in [-0.05, 0) is 50.3 Å². The highest BCUT2D eigenvalue weighted by Crippen LogP contribution is 2.41. The van der Waals surface area contributed by atoms with Crippen LogP contribution in [-0.2, 0) is 9.59 Å². The Labute approximate surface area is 164 Å². The van der Waals surface area contributed by atoms with E-state index in [1.165, 1.54) is 0 Å². The molecule has 144 valence electrons. The first-order valence-corrected chi connectivity index (χ1v) is 10.3. The van der Waals surface area contributed by atoms with Crippen molar-refractivity contribution in [3.63, 3.8) is 0 Å². The molecule has 2 amide bonds. The van der Waals surface area contributed by atoms with Crippen LogP contribution >= 0.6 is 11.3 Å². The molecule has 2 aromatic rings. The zero-order chi connectivity index (χ0) is 19.4. The summed E-state index contributed by atoms with van der Waals surface area (Å²) >= 11 is 1.59. The number of thiophene rings is 1. The number of rotatable bonds is 6. The summed E-state index contributed by atoms with van der Waals surface area (Å²) in [5.74, 6) is -0.203. The van der Waals surface area contributed by atoms with Gasteiger partial charge in [0.05, 0.1) is 12.0 Å². The zero-order valence-electron chi connectivity index (χ0n) is 15.9. The standard InChI is InChI=1S/C21H27N3O2S/c1-14-5-7-16(8-6-14)24-19(25)10-9-17(20(24)18-4-3-13-27-18)21(26)23-12-11-15(2)22/h3-8,13,15,17,20H,9-12,22H2,1-2H3,(H,23,26). The van der Waals surface area contributed by atoms with Gasteiger partial charge in [0.15, 0.2) is 0 Å². The molecule has 1 aliphatic heterocycles. The summed E-state index contributed by atoms with van der Waals surface area (Å²) in [7, 11) is 0. The van der Waals surface area contributed by atoms with E-state index in [1.807, 2.05) is 60.5 Å². The van der Waals surface area contributed by atoms with Gasteiger partial charge in [-0.25, -0.2) is 0 Å². The number of hydrogen-bond acceptors (Lipinski definition) is 4. The summed E-state index contributed by atoms with van der Waals surface area (Å²) in [4.78, 5) is 28.6. The van der Waals surface area contributed by atoms with Crippen molar-refractivity contribution in [2.75, 3.05) is 11.4 Å². The topological polar surface area (TPSA) is 75.4 Å². The van der Waals surface area contributed by atoms with E-state index in [9.17, 15) is 9.59 Å². The Morgan fingerprint density at radius 3 is 2.70 bits per heavy atom. The molecule has 1 aromatic heterocycles. The summed E-state index contributed by atoms with van der Waals surface area (Å²) in [6.07, 6.45) is 1.68. The number of carbonyl (C=O) groups excluding carboxylic acids is 2. The van der Waals surface area contributed by atoms with Crippen molar-refractivity contribution in [1.82, 2.24) is 5.32 Å². The molecule has 1 saturated heterocycles. The van der Waals surface area contributed by atoms with Crippen LogP contribution in [0.5, 0.6) is 0 Å². The van der Waals surface area contributed by atoms with Crippen LogP contribution < -0.4 is 16.0 Å². The predicted octanol–water partition coefficient (Wildman–Crippen LogP) is 3.39. The van der Waals surface area contributed by atoms with Gasteiger partial charge in [-0.2, -0.15) is 0 Å². The number of benzene rings is 1. The van der Waals surface area contributed by atoms with Crippen LogP contribution in [0, 0.1) is 12.8 Å². The lowest BCUT2D eigenvalue weighted by molar-refractivity contribution is -0.129. The molecule has 0 saturated carbocycles. The minimum absolute atomic E-state index is 0.00124. The monoisotopic (exact) mass is 385 g/mol. The Morgan fingerprint density at radius 2 is 2.07 bits per heavy atom. The summed E-state index contributed by atoms with van der Waals surface area (Å²) in [5.41, 5.74) is 7.77. The number of aryl methyl sites for hydroxylation is 1. The minimum atomic E-state index is -0.274. The second kappa shape index (κ2) is 8.67. The molecular weight excluding hydrogens is 358 g/mol. The van der Waals surface area contributed by atoms with E-state index in [2.05, 4.69) is 5.32 Å². The maximum Gasteiger partial charge on any atom is 0.227 e. The van der Waals surface area contributed by atoms with Crippen LogP contribution in [0.4, 0.5) is 5.69 Å². The molecule has 3 N–H and O–H groups in total. The maximum absolute atomic E-state index is 12.9. The molecule has 1 fully saturated rings. The Hall–Kier alpha value is -2.18. The van der Waals surface area contributed by atoms with Gasteiger partial charge in [-0.1, -0.05) is 23.8 Å². The molecule has 0 radical (unpaired) electrons. The lowest BCUT2D eigenvalue weighted by Gasteiger charge is -2.40. The van der Waals surface area contributed by atoms with Crippen LogP contribution in [0.25, 0.3) is 0 Å².